The van der Waals surface area contributed by atoms with E-state index < -0.39 is 0 Å². The maximum absolute atomic E-state index is 12.4. The molecule has 0 bridgehead atoms. The highest BCUT2D eigenvalue weighted by Crippen LogP contribution is 2.44. The van der Waals surface area contributed by atoms with E-state index in [2.05, 4.69) is 24.4 Å². The van der Waals surface area contributed by atoms with Crippen molar-refractivity contribution in [3.63, 3.8) is 0 Å². The van der Waals surface area contributed by atoms with Gasteiger partial charge in [-0.1, -0.05) is 50.1 Å². The monoisotopic (exact) mass is 421 g/mol. The molecule has 5 nitrogen and oxygen atoms in total. The van der Waals surface area contributed by atoms with E-state index in [1.165, 1.54) is 12.8 Å². The molecular weight excluding hydrogens is 394 g/mol. The van der Waals surface area contributed by atoms with Gasteiger partial charge in [0.25, 0.3) is 0 Å². The Hall–Kier alpha value is -2.73. The molecule has 0 saturated carbocycles. The quantitative estimate of drug-likeness (QED) is 0.510. The first-order valence-corrected chi connectivity index (χ1v) is 11.5. The number of ether oxygens (including phenoxy) is 1. The number of amides is 1. The maximum atomic E-state index is 12.4. The molecule has 30 heavy (non-hydrogen) atoms. The number of hydrogen-bond donors (Lipinski definition) is 1. The summed E-state index contributed by atoms with van der Waals surface area (Å²) in [5.41, 5.74) is 4.07. The van der Waals surface area contributed by atoms with E-state index in [-0.39, 0.29) is 11.2 Å². The third kappa shape index (κ3) is 4.38. The Morgan fingerprint density at radius 1 is 1.13 bits per heavy atom. The highest BCUT2D eigenvalue weighted by molar-refractivity contribution is 8.00. The summed E-state index contributed by atoms with van der Waals surface area (Å²) in [6.45, 7) is 4.94. The smallest absolute Gasteiger partial charge is 0.235 e. The molecule has 3 aromatic rings. The standard InChI is InChI=1S/C24H27N3O2S/c1-3-4-8-15-29-20-13-11-18(12-14-20)23-22-17(2)26-27(19-9-6-5-7-10-19)24(22)25-21(28)16-30-23/h5-7,9-14,23H,3-4,8,15-16H2,1-2H3,(H,25,28). The van der Waals surface area contributed by atoms with Crippen LogP contribution in [0.5, 0.6) is 5.75 Å². The topological polar surface area (TPSA) is 56.1 Å². The first-order chi connectivity index (χ1) is 14.7. The number of aromatic nitrogens is 2. The van der Waals surface area contributed by atoms with Gasteiger partial charge >= 0.3 is 0 Å². The Morgan fingerprint density at radius 3 is 2.63 bits per heavy atom. The van der Waals surface area contributed by atoms with Crippen LogP contribution in [-0.2, 0) is 4.79 Å². The molecule has 0 fully saturated rings. The van der Waals surface area contributed by atoms with Gasteiger partial charge in [-0.3, -0.25) is 4.79 Å². The lowest BCUT2D eigenvalue weighted by atomic mass is 10.0. The summed E-state index contributed by atoms with van der Waals surface area (Å²) in [5, 5.41) is 7.86. The Labute approximate surface area is 181 Å². The minimum absolute atomic E-state index is 0.00305. The average Bonchev–Trinajstić information content (AvgIpc) is 2.97. The highest BCUT2D eigenvalue weighted by Gasteiger charge is 2.30. The van der Waals surface area contributed by atoms with E-state index in [0.717, 1.165) is 47.1 Å². The van der Waals surface area contributed by atoms with E-state index in [9.17, 15) is 4.79 Å². The molecule has 1 unspecified atom stereocenters. The maximum Gasteiger partial charge on any atom is 0.235 e. The number of nitrogens with one attached hydrogen (secondary N) is 1. The lowest BCUT2D eigenvalue weighted by Crippen LogP contribution is -2.15. The Morgan fingerprint density at radius 2 is 1.90 bits per heavy atom. The van der Waals surface area contributed by atoms with Gasteiger partial charge in [-0.15, -0.1) is 11.8 Å². The molecule has 1 atom stereocenters. The van der Waals surface area contributed by atoms with Crippen LogP contribution in [0.15, 0.2) is 54.6 Å². The number of benzene rings is 2. The number of thioether (sulfide) groups is 1. The SMILES string of the molecule is CCCCCOc1ccc(C2SCC(=O)Nc3c2c(C)nn3-c2ccccc2)cc1. The first kappa shape index (κ1) is 20.5. The number of anilines is 1. The Kier molecular flexibility index (Phi) is 6.43. The predicted octanol–water partition coefficient (Wildman–Crippen LogP) is 5.52. The molecule has 156 valence electrons. The zero-order valence-electron chi connectivity index (χ0n) is 17.4. The van der Waals surface area contributed by atoms with Crippen molar-refractivity contribution >= 4 is 23.5 Å². The van der Waals surface area contributed by atoms with Crippen LogP contribution in [0.25, 0.3) is 5.69 Å². The van der Waals surface area contributed by atoms with Gasteiger partial charge in [-0.2, -0.15) is 5.10 Å². The molecule has 0 spiro atoms. The summed E-state index contributed by atoms with van der Waals surface area (Å²) >= 11 is 1.63. The van der Waals surface area contributed by atoms with Gasteiger partial charge < -0.3 is 10.1 Å². The minimum Gasteiger partial charge on any atom is -0.494 e. The van der Waals surface area contributed by atoms with Crippen molar-refractivity contribution in [1.29, 1.82) is 0 Å². The summed E-state index contributed by atoms with van der Waals surface area (Å²) in [6, 6.07) is 18.2. The number of para-hydroxylation sites is 1. The number of carbonyl (C=O) groups excluding carboxylic acids is 1. The molecule has 4 rings (SSSR count). The first-order valence-electron chi connectivity index (χ1n) is 10.5. The van der Waals surface area contributed by atoms with Crippen molar-refractivity contribution in [2.24, 2.45) is 0 Å². The molecule has 2 aromatic carbocycles. The van der Waals surface area contributed by atoms with Crippen molar-refractivity contribution in [3.8, 4) is 11.4 Å². The molecule has 6 heteroatoms. The fourth-order valence-corrected chi connectivity index (χ4v) is 4.87. The van der Waals surface area contributed by atoms with Crippen LogP contribution in [0.2, 0.25) is 0 Å². The summed E-state index contributed by atoms with van der Waals surface area (Å²) < 4.78 is 7.70. The molecule has 1 N–H and O–H groups in total. The average molecular weight is 422 g/mol. The number of hydrogen-bond acceptors (Lipinski definition) is 4. The molecule has 1 aliphatic rings. The zero-order valence-corrected chi connectivity index (χ0v) is 18.2. The van der Waals surface area contributed by atoms with Crippen molar-refractivity contribution in [2.75, 3.05) is 17.7 Å². The van der Waals surface area contributed by atoms with Gasteiger partial charge in [0, 0.05) is 5.56 Å². The zero-order chi connectivity index (χ0) is 20.9. The molecule has 0 radical (unpaired) electrons. The van der Waals surface area contributed by atoms with E-state index >= 15 is 0 Å². The van der Waals surface area contributed by atoms with Gasteiger partial charge in [0.1, 0.15) is 11.6 Å². The molecular formula is C24H27N3O2S. The van der Waals surface area contributed by atoms with Gasteiger partial charge in [0.15, 0.2) is 0 Å². The normalized spacial score (nSPS) is 15.9. The van der Waals surface area contributed by atoms with E-state index in [4.69, 9.17) is 9.84 Å². The van der Waals surface area contributed by atoms with Crippen LogP contribution in [0.4, 0.5) is 5.82 Å². The molecule has 2 heterocycles. The summed E-state index contributed by atoms with van der Waals surface area (Å²) in [5.74, 6) is 2.05. The Balaban J connectivity index is 1.64. The van der Waals surface area contributed by atoms with Crippen molar-refractivity contribution in [2.45, 2.75) is 38.4 Å². The largest absolute Gasteiger partial charge is 0.494 e. The van der Waals surface area contributed by atoms with Gasteiger partial charge in [-0.25, -0.2) is 4.68 Å². The molecule has 0 saturated heterocycles. The van der Waals surface area contributed by atoms with Crippen LogP contribution >= 0.6 is 11.8 Å². The summed E-state index contributed by atoms with van der Waals surface area (Å²) in [7, 11) is 0. The predicted molar refractivity (Wildman–Crippen MR) is 123 cm³/mol. The van der Waals surface area contributed by atoms with Crippen molar-refractivity contribution in [1.82, 2.24) is 9.78 Å². The molecule has 1 aromatic heterocycles. The summed E-state index contributed by atoms with van der Waals surface area (Å²) in [4.78, 5) is 12.4. The fraction of sp³-hybridized carbons (Fsp3) is 0.333. The molecule has 1 aliphatic heterocycles. The van der Waals surface area contributed by atoms with Crippen molar-refractivity contribution in [3.05, 3.63) is 71.4 Å². The number of carbonyl (C=O) groups is 1. The number of nitrogens with zero attached hydrogens (tertiary/aromatic N) is 2. The van der Waals surface area contributed by atoms with Crippen LogP contribution in [-0.4, -0.2) is 28.0 Å². The van der Waals surface area contributed by atoms with Crippen LogP contribution in [0, 0.1) is 6.92 Å². The second-order valence-electron chi connectivity index (χ2n) is 7.46. The number of fused-ring (bicyclic) bond motifs is 1. The van der Waals surface area contributed by atoms with Crippen molar-refractivity contribution < 1.29 is 9.53 Å². The van der Waals surface area contributed by atoms with E-state index in [1.807, 2.05) is 54.1 Å². The minimum atomic E-state index is -0.00305. The van der Waals surface area contributed by atoms with Gasteiger partial charge in [0.2, 0.25) is 5.91 Å². The highest BCUT2D eigenvalue weighted by atomic mass is 32.2. The van der Waals surface area contributed by atoms with Gasteiger partial charge in [-0.05, 0) is 43.2 Å². The second kappa shape index (κ2) is 9.39. The third-order valence-corrected chi connectivity index (χ3v) is 6.48. The van der Waals surface area contributed by atoms with Crippen LogP contribution < -0.4 is 10.1 Å². The number of unbranched alkanes of at least 4 members (excludes halogenated alkanes) is 2. The Bertz CT molecular complexity index is 999. The van der Waals surface area contributed by atoms with E-state index in [1.54, 1.807) is 11.8 Å². The van der Waals surface area contributed by atoms with Gasteiger partial charge in [0.05, 0.1) is 29.0 Å². The van der Waals surface area contributed by atoms with Crippen LogP contribution in [0.1, 0.15) is 48.3 Å². The second-order valence-corrected chi connectivity index (χ2v) is 8.55. The van der Waals surface area contributed by atoms with Crippen LogP contribution in [0.3, 0.4) is 0 Å². The lowest BCUT2D eigenvalue weighted by molar-refractivity contribution is -0.113. The lowest BCUT2D eigenvalue weighted by Gasteiger charge is -2.16. The molecule has 0 aliphatic carbocycles. The number of aryl methyl sites for hydroxylation is 1. The fourth-order valence-electron chi connectivity index (χ4n) is 3.68. The van der Waals surface area contributed by atoms with E-state index in [0.29, 0.717) is 5.75 Å². The summed E-state index contributed by atoms with van der Waals surface area (Å²) in [6.07, 6.45) is 3.45. The molecule has 1 amide bonds. The third-order valence-electron chi connectivity index (χ3n) is 5.21. The number of rotatable bonds is 7.